The summed E-state index contributed by atoms with van der Waals surface area (Å²) in [7, 11) is 4.40. The summed E-state index contributed by atoms with van der Waals surface area (Å²) >= 11 is 0. The van der Waals surface area contributed by atoms with E-state index in [9.17, 15) is 9.59 Å². The van der Waals surface area contributed by atoms with Crippen LogP contribution in [0.3, 0.4) is 0 Å². The molecular weight excluding hydrogens is 322 g/mol. The molecule has 25 heavy (non-hydrogen) atoms. The zero-order valence-corrected chi connectivity index (χ0v) is 14.7. The lowest BCUT2D eigenvalue weighted by Crippen LogP contribution is -2.15. The van der Waals surface area contributed by atoms with Crippen LogP contribution in [0, 0.1) is 0 Å². The van der Waals surface area contributed by atoms with Crippen LogP contribution in [0.15, 0.2) is 36.4 Å². The van der Waals surface area contributed by atoms with Crippen LogP contribution in [0.1, 0.15) is 33.2 Å². The van der Waals surface area contributed by atoms with Crippen LogP contribution < -0.4 is 14.8 Å². The zero-order chi connectivity index (χ0) is 18.4. The Balaban J connectivity index is 2.27. The van der Waals surface area contributed by atoms with E-state index in [-0.39, 0.29) is 5.91 Å². The zero-order valence-electron chi connectivity index (χ0n) is 14.7. The molecule has 6 nitrogen and oxygen atoms in total. The lowest BCUT2D eigenvalue weighted by atomic mass is 10.0. The van der Waals surface area contributed by atoms with Crippen LogP contribution >= 0.6 is 0 Å². The lowest BCUT2D eigenvalue weighted by molar-refractivity contribution is 0.0600. The lowest BCUT2D eigenvalue weighted by Gasteiger charge is -2.14. The molecule has 1 N–H and O–H groups in total. The Hall–Kier alpha value is -3.02. The molecule has 6 heteroatoms. The molecule has 2 aromatic rings. The van der Waals surface area contributed by atoms with Crippen molar-refractivity contribution < 1.29 is 23.8 Å². The molecule has 0 heterocycles. The number of methoxy groups -OCH3 is 3. The summed E-state index contributed by atoms with van der Waals surface area (Å²) in [5.74, 6) is 0.388. The van der Waals surface area contributed by atoms with Crippen molar-refractivity contribution in [1.29, 1.82) is 0 Å². The molecule has 0 bridgehead atoms. The minimum Gasteiger partial charge on any atom is -0.493 e. The number of rotatable bonds is 6. The van der Waals surface area contributed by atoms with Crippen molar-refractivity contribution in [3.05, 3.63) is 53.1 Å². The Morgan fingerprint density at radius 1 is 0.960 bits per heavy atom. The number of esters is 1. The molecule has 0 aliphatic carbocycles. The third kappa shape index (κ3) is 4.09. The molecule has 0 saturated carbocycles. The van der Waals surface area contributed by atoms with E-state index in [0.29, 0.717) is 34.7 Å². The number of amides is 1. The first-order valence-electron chi connectivity index (χ1n) is 7.78. The van der Waals surface area contributed by atoms with E-state index >= 15 is 0 Å². The van der Waals surface area contributed by atoms with E-state index in [1.54, 1.807) is 43.5 Å². The largest absolute Gasteiger partial charge is 0.493 e. The van der Waals surface area contributed by atoms with Crippen LogP contribution in [0.5, 0.6) is 11.5 Å². The van der Waals surface area contributed by atoms with Crippen molar-refractivity contribution in [2.24, 2.45) is 0 Å². The van der Waals surface area contributed by atoms with Gasteiger partial charge in [0.25, 0.3) is 5.91 Å². The molecule has 0 saturated heterocycles. The normalized spacial score (nSPS) is 10.1. The monoisotopic (exact) mass is 343 g/mol. The molecule has 2 rings (SSSR count). The van der Waals surface area contributed by atoms with Gasteiger partial charge < -0.3 is 19.5 Å². The third-order valence-corrected chi connectivity index (χ3v) is 3.80. The van der Waals surface area contributed by atoms with E-state index in [1.807, 2.05) is 6.92 Å². The Kier molecular flexibility index (Phi) is 6.00. The fraction of sp³-hybridized carbons (Fsp3) is 0.263. The van der Waals surface area contributed by atoms with Crippen LogP contribution in [-0.4, -0.2) is 33.2 Å². The van der Waals surface area contributed by atoms with Crippen molar-refractivity contribution >= 4 is 17.6 Å². The van der Waals surface area contributed by atoms with Gasteiger partial charge >= 0.3 is 5.97 Å². The van der Waals surface area contributed by atoms with Gasteiger partial charge in [-0.2, -0.15) is 0 Å². The molecule has 1 amide bonds. The fourth-order valence-electron chi connectivity index (χ4n) is 2.43. The van der Waals surface area contributed by atoms with Crippen LogP contribution in [0.4, 0.5) is 5.69 Å². The molecule has 0 unspecified atom stereocenters. The van der Waals surface area contributed by atoms with Gasteiger partial charge in [0.15, 0.2) is 11.5 Å². The molecule has 0 aliphatic heterocycles. The SMILES string of the molecule is CCc1cc(OC)c(OC)cc1C(=O)Nc1ccc(C(=O)OC)cc1. The van der Waals surface area contributed by atoms with E-state index in [2.05, 4.69) is 10.1 Å². The molecular formula is C19H21NO5. The summed E-state index contributed by atoms with van der Waals surface area (Å²) in [4.78, 5) is 24.1. The second-order valence-electron chi connectivity index (χ2n) is 5.24. The predicted molar refractivity (Wildman–Crippen MR) is 94.7 cm³/mol. The number of ether oxygens (including phenoxy) is 3. The molecule has 0 spiro atoms. The van der Waals surface area contributed by atoms with Crippen molar-refractivity contribution in [1.82, 2.24) is 0 Å². The van der Waals surface area contributed by atoms with Crippen LogP contribution in [-0.2, 0) is 11.2 Å². The number of carbonyl (C=O) groups excluding carboxylic acids is 2. The number of hydrogen-bond acceptors (Lipinski definition) is 5. The number of hydrogen-bond donors (Lipinski definition) is 1. The van der Waals surface area contributed by atoms with E-state index < -0.39 is 5.97 Å². The van der Waals surface area contributed by atoms with Crippen LogP contribution in [0.2, 0.25) is 0 Å². The summed E-state index contributed by atoms with van der Waals surface area (Å²) < 4.78 is 15.2. The van der Waals surface area contributed by atoms with Gasteiger partial charge in [-0.1, -0.05) is 6.92 Å². The minimum atomic E-state index is -0.425. The standard InChI is InChI=1S/C19H21NO5/c1-5-12-10-16(23-2)17(24-3)11-15(12)18(21)20-14-8-6-13(7-9-14)19(22)25-4/h6-11H,5H2,1-4H3,(H,20,21). The molecule has 0 fully saturated rings. The van der Waals surface area contributed by atoms with Gasteiger partial charge in [0, 0.05) is 11.3 Å². The highest BCUT2D eigenvalue weighted by Gasteiger charge is 2.16. The van der Waals surface area contributed by atoms with Crippen LogP contribution in [0.25, 0.3) is 0 Å². The first-order valence-corrected chi connectivity index (χ1v) is 7.78. The maximum atomic E-state index is 12.6. The Morgan fingerprint density at radius 2 is 1.56 bits per heavy atom. The Labute approximate surface area is 146 Å². The van der Waals surface area contributed by atoms with Gasteiger partial charge in [-0.05, 0) is 48.4 Å². The number of carbonyl (C=O) groups is 2. The topological polar surface area (TPSA) is 73.9 Å². The van der Waals surface area contributed by atoms with Gasteiger partial charge in [0.1, 0.15) is 0 Å². The van der Waals surface area contributed by atoms with Gasteiger partial charge in [-0.25, -0.2) is 4.79 Å². The third-order valence-electron chi connectivity index (χ3n) is 3.80. The number of anilines is 1. The molecule has 132 valence electrons. The number of aryl methyl sites for hydroxylation is 1. The second kappa shape index (κ2) is 8.19. The highest BCUT2D eigenvalue weighted by Crippen LogP contribution is 2.31. The molecule has 0 aliphatic rings. The van der Waals surface area contributed by atoms with Crippen molar-refractivity contribution in [3.8, 4) is 11.5 Å². The molecule has 2 aromatic carbocycles. The first-order chi connectivity index (χ1) is 12.0. The molecule has 0 atom stereocenters. The van der Waals surface area contributed by atoms with Crippen molar-refractivity contribution in [3.63, 3.8) is 0 Å². The smallest absolute Gasteiger partial charge is 0.337 e. The highest BCUT2D eigenvalue weighted by atomic mass is 16.5. The van der Waals surface area contributed by atoms with Gasteiger partial charge in [0.05, 0.1) is 26.9 Å². The predicted octanol–water partition coefficient (Wildman–Crippen LogP) is 3.31. The van der Waals surface area contributed by atoms with Crippen molar-refractivity contribution in [2.45, 2.75) is 13.3 Å². The maximum absolute atomic E-state index is 12.6. The van der Waals surface area contributed by atoms with Gasteiger partial charge in [0.2, 0.25) is 0 Å². The van der Waals surface area contributed by atoms with Crippen molar-refractivity contribution in [2.75, 3.05) is 26.6 Å². The maximum Gasteiger partial charge on any atom is 0.337 e. The summed E-state index contributed by atoms with van der Waals surface area (Å²) in [6.45, 7) is 1.96. The average Bonchev–Trinajstić information content (AvgIpc) is 2.66. The molecule has 0 aromatic heterocycles. The second-order valence-corrected chi connectivity index (χ2v) is 5.24. The summed E-state index contributed by atoms with van der Waals surface area (Å²) in [6.07, 6.45) is 0.671. The average molecular weight is 343 g/mol. The summed E-state index contributed by atoms with van der Waals surface area (Å²) in [5.41, 5.74) is 2.36. The van der Waals surface area contributed by atoms with Gasteiger partial charge in [-0.3, -0.25) is 4.79 Å². The molecule has 0 radical (unpaired) electrons. The Bertz CT molecular complexity index is 768. The van der Waals surface area contributed by atoms with Gasteiger partial charge in [-0.15, -0.1) is 0 Å². The Morgan fingerprint density at radius 3 is 2.08 bits per heavy atom. The van der Waals surface area contributed by atoms with E-state index in [1.165, 1.54) is 14.2 Å². The first kappa shape index (κ1) is 18.3. The minimum absolute atomic E-state index is 0.261. The summed E-state index contributed by atoms with van der Waals surface area (Å²) in [6, 6.07) is 9.95. The number of nitrogens with one attached hydrogen (secondary N) is 1. The van der Waals surface area contributed by atoms with E-state index in [4.69, 9.17) is 9.47 Å². The summed E-state index contributed by atoms with van der Waals surface area (Å²) in [5, 5.41) is 2.82. The quantitative estimate of drug-likeness (QED) is 0.815. The number of benzene rings is 2. The highest BCUT2D eigenvalue weighted by molar-refractivity contribution is 6.06. The fourth-order valence-corrected chi connectivity index (χ4v) is 2.43. The van der Waals surface area contributed by atoms with E-state index in [0.717, 1.165) is 5.56 Å².